The first kappa shape index (κ1) is 56.4. The second-order valence-electron chi connectivity index (χ2n) is 18.5. The molecule has 0 N–H and O–H groups in total. The Hall–Kier alpha value is -1.59. The number of esters is 3. The van der Waals surface area contributed by atoms with Crippen molar-refractivity contribution in [2.24, 2.45) is 11.8 Å². The van der Waals surface area contributed by atoms with Crippen LogP contribution in [0.4, 0.5) is 0 Å². The van der Waals surface area contributed by atoms with E-state index in [9.17, 15) is 14.4 Å². The third kappa shape index (κ3) is 44.0. The monoisotopic (exact) mass is 821 g/mol. The van der Waals surface area contributed by atoms with Gasteiger partial charge in [-0.15, -0.1) is 0 Å². The molecule has 0 aliphatic heterocycles. The fourth-order valence-corrected chi connectivity index (χ4v) is 7.78. The number of ether oxygens (including phenoxy) is 3. The zero-order valence-corrected chi connectivity index (χ0v) is 39.7. The Morgan fingerprint density at radius 2 is 0.655 bits per heavy atom. The van der Waals surface area contributed by atoms with E-state index in [1.165, 1.54) is 173 Å². The van der Waals surface area contributed by atoms with Gasteiger partial charge in [-0.25, -0.2) is 0 Å². The zero-order valence-electron chi connectivity index (χ0n) is 39.7. The van der Waals surface area contributed by atoms with Crippen molar-refractivity contribution in [1.82, 2.24) is 0 Å². The van der Waals surface area contributed by atoms with Crippen LogP contribution in [0.15, 0.2) is 0 Å². The molecule has 2 atom stereocenters. The van der Waals surface area contributed by atoms with E-state index in [1.54, 1.807) is 0 Å². The van der Waals surface area contributed by atoms with Crippen LogP contribution in [0.1, 0.15) is 285 Å². The number of unbranched alkanes of at least 4 members (excludes halogenated alkanes) is 30. The van der Waals surface area contributed by atoms with Crippen LogP contribution in [-0.2, 0) is 28.6 Å². The van der Waals surface area contributed by atoms with Crippen LogP contribution in [0.25, 0.3) is 0 Å². The van der Waals surface area contributed by atoms with Crippen LogP contribution < -0.4 is 0 Å². The molecule has 0 fully saturated rings. The molecule has 6 nitrogen and oxygen atoms in total. The number of rotatable bonds is 46. The van der Waals surface area contributed by atoms with E-state index in [2.05, 4.69) is 34.6 Å². The van der Waals surface area contributed by atoms with E-state index in [4.69, 9.17) is 14.2 Å². The van der Waals surface area contributed by atoms with Gasteiger partial charge >= 0.3 is 17.9 Å². The molecule has 0 aromatic carbocycles. The van der Waals surface area contributed by atoms with Gasteiger partial charge in [0.25, 0.3) is 0 Å². The van der Waals surface area contributed by atoms with Crippen molar-refractivity contribution < 1.29 is 28.6 Å². The third-order valence-electron chi connectivity index (χ3n) is 12.1. The molecule has 0 radical (unpaired) electrons. The van der Waals surface area contributed by atoms with Crippen LogP contribution in [-0.4, -0.2) is 37.2 Å². The Morgan fingerprint density at radius 1 is 0.362 bits per heavy atom. The van der Waals surface area contributed by atoms with E-state index >= 15 is 0 Å². The summed E-state index contributed by atoms with van der Waals surface area (Å²) in [6.45, 7) is 11.3. The molecule has 0 aliphatic carbocycles. The maximum absolute atomic E-state index is 12.8. The minimum absolute atomic E-state index is 0.0644. The average Bonchev–Trinajstić information content (AvgIpc) is 3.21. The minimum Gasteiger partial charge on any atom is -0.462 e. The molecule has 58 heavy (non-hydrogen) atoms. The smallest absolute Gasteiger partial charge is 0.306 e. The molecule has 0 heterocycles. The maximum Gasteiger partial charge on any atom is 0.306 e. The van der Waals surface area contributed by atoms with Crippen molar-refractivity contribution >= 4 is 17.9 Å². The Kier molecular flexibility index (Phi) is 43.7. The molecule has 0 aromatic heterocycles. The number of carbonyl (C=O) groups is 3. The maximum atomic E-state index is 12.8. The highest BCUT2D eigenvalue weighted by Crippen LogP contribution is 2.18. The van der Waals surface area contributed by atoms with E-state index in [0.717, 1.165) is 69.6 Å². The molecule has 0 spiro atoms. The predicted molar refractivity (Wildman–Crippen MR) is 247 cm³/mol. The van der Waals surface area contributed by atoms with E-state index in [1.807, 2.05) is 0 Å². The van der Waals surface area contributed by atoms with Crippen molar-refractivity contribution in [1.29, 1.82) is 0 Å². The van der Waals surface area contributed by atoms with Gasteiger partial charge in [-0.05, 0) is 31.1 Å². The molecule has 0 saturated carbocycles. The molecular formula is C52H100O6. The van der Waals surface area contributed by atoms with Gasteiger partial charge in [0, 0.05) is 19.3 Å². The molecule has 0 bridgehead atoms. The Balaban J connectivity index is 4.25. The highest BCUT2D eigenvalue weighted by atomic mass is 16.6. The lowest BCUT2D eigenvalue weighted by atomic mass is 9.99. The van der Waals surface area contributed by atoms with Crippen molar-refractivity contribution in [3.8, 4) is 0 Å². The molecule has 0 aliphatic rings. The fraction of sp³-hybridized carbons (Fsp3) is 0.942. The summed E-state index contributed by atoms with van der Waals surface area (Å²) in [5.74, 6) is 0.806. The summed E-state index contributed by atoms with van der Waals surface area (Å²) in [5, 5.41) is 0. The normalized spacial score (nSPS) is 12.5. The summed E-state index contributed by atoms with van der Waals surface area (Å²) in [4.78, 5) is 37.8. The second-order valence-corrected chi connectivity index (χ2v) is 18.5. The Bertz CT molecular complexity index is 887. The molecular weight excluding hydrogens is 721 g/mol. The van der Waals surface area contributed by atoms with Crippen LogP contribution in [0.5, 0.6) is 0 Å². The zero-order chi connectivity index (χ0) is 42.6. The van der Waals surface area contributed by atoms with E-state index in [-0.39, 0.29) is 31.1 Å². The topological polar surface area (TPSA) is 78.9 Å². The van der Waals surface area contributed by atoms with Crippen LogP contribution >= 0.6 is 0 Å². The predicted octanol–water partition coefficient (Wildman–Crippen LogP) is 16.5. The van der Waals surface area contributed by atoms with E-state index in [0.29, 0.717) is 19.3 Å². The lowest BCUT2D eigenvalue weighted by molar-refractivity contribution is -0.167. The number of hydrogen-bond donors (Lipinski definition) is 0. The first-order valence-corrected chi connectivity index (χ1v) is 25.8. The first-order chi connectivity index (χ1) is 28.3. The van der Waals surface area contributed by atoms with Gasteiger partial charge < -0.3 is 14.2 Å². The van der Waals surface area contributed by atoms with Gasteiger partial charge in [0.15, 0.2) is 6.10 Å². The van der Waals surface area contributed by atoms with Gasteiger partial charge in [0.2, 0.25) is 0 Å². The average molecular weight is 821 g/mol. The molecule has 6 heteroatoms. The quantitative estimate of drug-likeness (QED) is 0.0346. The Morgan fingerprint density at radius 3 is 0.983 bits per heavy atom. The molecule has 0 amide bonds. The number of hydrogen-bond acceptors (Lipinski definition) is 6. The molecule has 344 valence electrons. The van der Waals surface area contributed by atoms with Crippen LogP contribution in [0, 0.1) is 11.8 Å². The summed E-state index contributed by atoms with van der Waals surface area (Å²) in [6.07, 6.45) is 45.2. The van der Waals surface area contributed by atoms with E-state index < -0.39 is 6.10 Å². The summed E-state index contributed by atoms with van der Waals surface area (Å²) in [5.41, 5.74) is 0. The summed E-state index contributed by atoms with van der Waals surface area (Å²) < 4.78 is 16.8. The third-order valence-corrected chi connectivity index (χ3v) is 12.1. The molecule has 0 rings (SSSR count). The standard InChI is InChI=1S/C52H100O6/c1-6-8-9-10-11-12-13-16-21-24-27-34-39-44-52(55)58-49(46-57-51(54)43-38-33-29-28-30-35-40-47(3)4)45-56-50(53)42-37-32-26-23-20-18-15-14-17-19-22-25-31-36-41-48(5)7-2/h47-49H,6-46H2,1-5H3/t48?,49-/m1/s1. The van der Waals surface area contributed by atoms with Crippen molar-refractivity contribution in [2.75, 3.05) is 13.2 Å². The molecule has 0 aromatic rings. The lowest BCUT2D eigenvalue weighted by Crippen LogP contribution is -2.30. The van der Waals surface area contributed by atoms with Crippen LogP contribution in [0.3, 0.4) is 0 Å². The summed E-state index contributed by atoms with van der Waals surface area (Å²) >= 11 is 0. The largest absolute Gasteiger partial charge is 0.462 e. The molecule has 0 saturated heterocycles. The van der Waals surface area contributed by atoms with Gasteiger partial charge in [-0.2, -0.15) is 0 Å². The summed E-state index contributed by atoms with van der Waals surface area (Å²) in [7, 11) is 0. The Labute approximate surface area is 361 Å². The minimum atomic E-state index is -0.761. The molecule has 1 unspecified atom stereocenters. The van der Waals surface area contributed by atoms with Gasteiger partial charge in [0.1, 0.15) is 13.2 Å². The SMILES string of the molecule is CCCCCCCCCCCCCCCC(=O)O[C@H](COC(=O)CCCCCCCCCCCCCCCCC(C)CC)COC(=O)CCCCCCCCC(C)C. The fourth-order valence-electron chi connectivity index (χ4n) is 7.78. The lowest BCUT2D eigenvalue weighted by Gasteiger charge is -2.18. The highest BCUT2D eigenvalue weighted by Gasteiger charge is 2.19. The van der Waals surface area contributed by atoms with Crippen LogP contribution in [0.2, 0.25) is 0 Å². The van der Waals surface area contributed by atoms with Crippen molar-refractivity contribution in [3.05, 3.63) is 0 Å². The van der Waals surface area contributed by atoms with Crippen molar-refractivity contribution in [3.63, 3.8) is 0 Å². The highest BCUT2D eigenvalue weighted by molar-refractivity contribution is 5.71. The van der Waals surface area contributed by atoms with Crippen molar-refractivity contribution in [2.45, 2.75) is 291 Å². The van der Waals surface area contributed by atoms with Gasteiger partial charge in [-0.1, -0.05) is 247 Å². The van der Waals surface area contributed by atoms with Gasteiger partial charge in [0.05, 0.1) is 0 Å². The number of carbonyl (C=O) groups excluding carboxylic acids is 3. The first-order valence-electron chi connectivity index (χ1n) is 25.8. The second kappa shape index (κ2) is 44.9. The summed E-state index contributed by atoms with van der Waals surface area (Å²) in [6, 6.07) is 0. The van der Waals surface area contributed by atoms with Gasteiger partial charge in [-0.3, -0.25) is 14.4 Å².